The van der Waals surface area contributed by atoms with Crippen LogP contribution in [-0.2, 0) is 9.53 Å². The Hall–Kier alpha value is -3.31. The van der Waals surface area contributed by atoms with Gasteiger partial charge in [0.2, 0.25) is 0 Å². The highest BCUT2D eigenvalue weighted by molar-refractivity contribution is 7.07. The molecule has 0 radical (unpaired) electrons. The van der Waals surface area contributed by atoms with E-state index in [1.54, 1.807) is 32.1 Å². The minimum atomic E-state index is -0.692. The van der Waals surface area contributed by atoms with E-state index >= 15 is 0 Å². The summed E-state index contributed by atoms with van der Waals surface area (Å²) in [5.74, 6) is 2.22. The van der Waals surface area contributed by atoms with Crippen molar-refractivity contribution < 1.29 is 14.3 Å². The van der Waals surface area contributed by atoms with Crippen LogP contribution in [0.5, 0.6) is 5.75 Å². The van der Waals surface area contributed by atoms with E-state index in [0.29, 0.717) is 36.9 Å². The van der Waals surface area contributed by atoms with Gasteiger partial charge in [-0.1, -0.05) is 70.3 Å². The van der Waals surface area contributed by atoms with E-state index in [2.05, 4.69) is 10.9 Å². The molecule has 1 aromatic heterocycles. The van der Waals surface area contributed by atoms with Crippen molar-refractivity contribution in [3.63, 3.8) is 0 Å². The van der Waals surface area contributed by atoms with Crippen LogP contribution in [0.15, 0.2) is 57.5 Å². The maximum absolute atomic E-state index is 13.8. The molecule has 6 nitrogen and oxygen atoms in total. The molecule has 0 unspecified atom stereocenters. The molecule has 0 aliphatic carbocycles. The van der Waals surface area contributed by atoms with E-state index in [1.165, 1.54) is 15.9 Å². The summed E-state index contributed by atoms with van der Waals surface area (Å²) in [6.07, 6.45) is 6.98. The molecule has 2 aromatic carbocycles. The molecule has 1 atom stereocenters. The molecule has 184 valence electrons. The summed E-state index contributed by atoms with van der Waals surface area (Å²) >= 11 is 13.8. The number of hydrogen-bond donors (Lipinski definition) is 0. The minimum absolute atomic E-state index is 0.00103. The number of carbonyl (C=O) groups is 1. The third-order valence-corrected chi connectivity index (χ3v) is 7.02. The Bertz CT molecular complexity index is 1590. The van der Waals surface area contributed by atoms with Crippen LogP contribution in [0.25, 0.3) is 6.08 Å². The maximum Gasteiger partial charge on any atom is 0.338 e. The predicted molar refractivity (Wildman–Crippen MR) is 142 cm³/mol. The van der Waals surface area contributed by atoms with Crippen LogP contribution in [-0.4, -0.2) is 23.8 Å². The van der Waals surface area contributed by atoms with Crippen molar-refractivity contribution in [3.8, 4) is 18.1 Å². The van der Waals surface area contributed by atoms with E-state index in [-0.39, 0.29) is 23.8 Å². The molecule has 1 aliphatic rings. The van der Waals surface area contributed by atoms with Gasteiger partial charge in [0, 0.05) is 10.6 Å². The van der Waals surface area contributed by atoms with Crippen LogP contribution in [0.3, 0.4) is 0 Å². The van der Waals surface area contributed by atoms with E-state index in [0.717, 1.165) is 11.1 Å². The summed E-state index contributed by atoms with van der Waals surface area (Å²) < 4.78 is 12.8. The monoisotopic (exact) mass is 540 g/mol. The number of rotatable bonds is 6. The smallest absolute Gasteiger partial charge is 0.338 e. The number of benzene rings is 2. The van der Waals surface area contributed by atoms with Crippen LogP contribution in [0.4, 0.5) is 0 Å². The molecular formula is C27H22Cl2N2O4S. The highest BCUT2D eigenvalue weighted by atomic mass is 35.5. The van der Waals surface area contributed by atoms with Gasteiger partial charge in [0.05, 0.1) is 33.5 Å². The molecule has 0 spiro atoms. The molecular weight excluding hydrogens is 519 g/mol. The van der Waals surface area contributed by atoms with Crippen molar-refractivity contribution in [2.24, 2.45) is 4.99 Å². The summed E-state index contributed by atoms with van der Waals surface area (Å²) in [4.78, 5) is 31.8. The van der Waals surface area contributed by atoms with E-state index < -0.39 is 12.0 Å². The second-order valence-corrected chi connectivity index (χ2v) is 9.86. The Labute approximate surface area is 222 Å². The Balaban J connectivity index is 1.96. The lowest BCUT2D eigenvalue weighted by molar-refractivity contribution is -0.139. The Morgan fingerprint density at radius 3 is 2.64 bits per heavy atom. The highest BCUT2D eigenvalue weighted by Gasteiger charge is 2.33. The maximum atomic E-state index is 13.8. The fraction of sp³-hybridized carbons (Fsp3) is 0.222. The normalized spacial score (nSPS) is 15.2. The van der Waals surface area contributed by atoms with E-state index in [9.17, 15) is 9.59 Å². The predicted octanol–water partition coefficient (Wildman–Crippen LogP) is 4.43. The number of allylic oxidation sites excluding steroid dienone is 1. The topological polar surface area (TPSA) is 69.9 Å². The number of halogens is 2. The van der Waals surface area contributed by atoms with Crippen molar-refractivity contribution in [1.29, 1.82) is 0 Å². The number of thiazole rings is 1. The van der Waals surface area contributed by atoms with Crippen LogP contribution in [0.1, 0.15) is 36.6 Å². The number of terminal acetylenes is 1. The summed E-state index contributed by atoms with van der Waals surface area (Å²) in [6.45, 7) is 5.65. The first kappa shape index (κ1) is 25.8. The third kappa shape index (κ3) is 4.98. The summed E-state index contributed by atoms with van der Waals surface area (Å²) in [6, 6.07) is 10.2. The van der Waals surface area contributed by atoms with Gasteiger partial charge < -0.3 is 9.47 Å². The number of fused-ring (bicyclic) bond motifs is 1. The van der Waals surface area contributed by atoms with Gasteiger partial charge >= 0.3 is 5.97 Å². The first-order valence-corrected chi connectivity index (χ1v) is 12.6. The number of aromatic nitrogens is 1. The Kier molecular flexibility index (Phi) is 7.70. The molecule has 0 saturated carbocycles. The fourth-order valence-electron chi connectivity index (χ4n) is 3.95. The van der Waals surface area contributed by atoms with Crippen LogP contribution in [0.2, 0.25) is 10.0 Å². The molecule has 1 aliphatic heterocycles. The van der Waals surface area contributed by atoms with Crippen molar-refractivity contribution in [1.82, 2.24) is 4.57 Å². The Morgan fingerprint density at radius 2 is 1.97 bits per heavy atom. The summed E-state index contributed by atoms with van der Waals surface area (Å²) in [5, 5.41) is 0.653. The van der Waals surface area contributed by atoms with Crippen LogP contribution in [0, 0.1) is 19.3 Å². The number of aryl methyl sites for hydroxylation is 1. The van der Waals surface area contributed by atoms with Crippen molar-refractivity contribution in [3.05, 3.63) is 94.1 Å². The van der Waals surface area contributed by atoms with Crippen molar-refractivity contribution in [2.75, 3.05) is 13.2 Å². The van der Waals surface area contributed by atoms with Gasteiger partial charge in [-0.3, -0.25) is 9.36 Å². The van der Waals surface area contributed by atoms with Gasteiger partial charge in [0.15, 0.2) is 4.80 Å². The van der Waals surface area contributed by atoms with Gasteiger partial charge in [-0.05, 0) is 44.5 Å². The SMILES string of the molecule is C#CCOc1c(Cl)cc(Cl)cc1/C=c1\sc2n(c1=O)[C@H](c1ccc(C)cc1)C(C(=O)OCC)=C(C)N=2. The van der Waals surface area contributed by atoms with Crippen molar-refractivity contribution >= 4 is 46.6 Å². The first-order chi connectivity index (χ1) is 17.2. The molecule has 9 heteroatoms. The van der Waals surface area contributed by atoms with Gasteiger partial charge in [-0.15, -0.1) is 6.42 Å². The minimum Gasteiger partial charge on any atom is -0.479 e. The zero-order valence-corrected chi connectivity index (χ0v) is 22.1. The third-order valence-electron chi connectivity index (χ3n) is 5.53. The molecule has 0 N–H and O–H groups in total. The highest BCUT2D eigenvalue weighted by Crippen LogP contribution is 2.33. The zero-order valence-electron chi connectivity index (χ0n) is 19.8. The molecule has 4 rings (SSSR count). The number of nitrogens with zero attached hydrogens (tertiary/aromatic N) is 2. The van der Waals surface area contributed by atoms with Gasteiger partial charge in [0.1, 0.15) is 12.4 Å². The molecule has 3 aromatic rings. The number of ether oxygens (including phenoxy) is 2. The standard InChI is InChI=1S/C27H22Cl2N2O4S/c1-5-11-35-24-18(12-19(28)14-20(24)29)13-21-25(32)31-23(17-9-7-15(3)8-10-17)22(26(33)34-6-2)16(4)30-27(31)36-21/h1,7-10,12-14,23H,6,11H2,2-4H3/b21-13-/t23-/m1/s1. The summed E-state index contributed by atoms with van der Waals surface area (Å²) in [7, 11) is 0. The fourth-order valence-corrected chi connectivity index (χ4v) is 5.55. The van der Waals surface area contributed by atoms with E-state index in [1.807, 2.05) is 31.2 Å². The average molecular weight is 541 g/mol. The van der Waals surface area contributed by atoms with E-state index in [4.69, 9.17) is 39.1 Å². The van der Waals surface area contributed by atoms with Gasteiger partial charge in [0.25, 0.3) is 5.56 Å². The molecule has 0 amide bonds. The number of carbonyl (C=O) groups excluding carboxylic acids is 1. The van der Waals surface area contributed by atoms with Crippen LogP contribution >= 0.6 is 34.5 Å². The molecule has 2 heterocycles. The zero-order chi connectivity index (χ0) is 26.0. The molecule has 0 saturated heterocycles. The van der Waals surface area contributed by atoms with Crippen molar-refractivity contribution in [2.45, 2.75) is 26.8 Å². The second-order valence-electron chi connectivity index (χ2n) is 8.01. The largest absolute Gasteiger partial charge is 0.479 e. The lowest BCUT2D eigenvalue weighted by Gasteiger charge is -2.24. The lowest BCUT2D eigenvalue weighted by atomic mass is 9.95. The van der Waals surface area contributed by atoms with Crippen LogP contribution < -0.4 is 19.6 Å². The summed E-state index contributed by atoms with van der Waals surface area (Å²) in [5.41, 5.74) is 2.83. The quantitative estimate of drug-likeness (QED) is 0.342. The molecule has 0 bridgehead atoms. The number of hydrogen-bond acceptors (Lipinski definition) is 6. The van der Waals surface area contributed by atoms with Gasteiger partial charge in [-0.2, -0.15) is 0 Å². The average Bonchev–Trinajstić information content (AvgIpc) is 3.12. The molecule has 0 fully saturated rings. The first-order valence-electron chi connectivity index (χ1n) is 11.1. The number of esters is 1. The Morgan fingerprint density at radius 1 is 1.25 bits per heavy atom. The second kappa shape index (κ2) is 10.8. The van der Waals surface area contributed by atoms with Gasteiger partial charge in [-0.25, -0.2) is 9.79 Å². The lowest BCUT2D eigenvalue weighted by Crippen LogP contribution is -2.39. The molecule has 36 heavy (non-hydrogen) atoms.